The summed E-state index contributed by atoms with van der Waals surface area (Å²) in [6, 6.07) is 16.0. The number of hydrogen-bond donors (Lipinski definition) is 1. The Labute approximate surface area is 204 Å². The highest BCUT2D eigenvalue weighted by molar-refractivity contribution is 6.33. The van der Waals surface area contributed by atoms with Gasteiger partial charge in [-0.2, -0.15) is 0 Å². The zero-order valence-corrected chi connectivity index (χ0v) is 19.9. The number of furan rings is 1. The van der Waals surface area contributed by atoms with Crippen molar-refractivity contribution in [1.82, 2.24) is 4.90 Å². The molecule has 2 amide bonds. The number of piperazine rings is 1. The van der Waals surface area contributed by atoms with Crippen LogP contribution in [0.15, 0.2) is 65.3 Å². The van der Waals surface area contributed by atoms with Crippen LogP contribution in [0, 0.1) is 0 Å². The van der Waals surface area contributed by atoms with E-state index in [2.05, 4.69) is 17.1 Å². The van der Waals surface area contributed by atoms with Crippen LogP contribution in [0.5, 0.6) is 5.75 Å². The van der Waals surface area contributed by atoms with E-state index in [1.807, 2.05) is 12.1 Å². The highest BCUT2D eigenvalue weighted by atomic mass is 35.5. The zero-order valence-electron chi connectivity index (χ0n) is 19.1. The Hall–Kier alpha value is -3.45. The molecule has 1 saturated heterocycles. The van der Waals surface area contributed by atoms with Crippen LogP contribution in [0.4, 0.5) is 11.4 Å². The molecule has 0 spiro atoms. The minimum Gasteiger partial charge on any atom is -0.494 e. The van der Waals surface area contributed by atoms with Crippen LogP contribution < -0.4 is 15.0 Å². The van der Waals surface area contributed by atoms with Gasteiger partial charge >= 0.3 is 0 Å². The van der Waals surface area contributed by atoms with Gasteiger partial charge < -0.3 is 24.3 Å². The molecule has 3 aromatic rings. The average molecular weight is 482 g/mol. The number of hydrogen-bond acceptors (Lipinski definition) is 5. The Bertz CT molecular complexity index is 1110. The maximum absolute atomic E-state index is 12.6. The van der Waals surface area contributed by atoms with Crippen LogP contribution in [-0.4, -0.2) is 49.5 Å². The number of benzene rings is 2. The van der Waals surface area contributed by atoms with Crippen molar-refractivity contribution in [2.24, 2.45) is 0 Å². The van der Waals surface area contributed by atoms with Gasteiger partial charge in [0, 0.05) is 37.4 Å². The molecule has 1 N–H and O–H groups in total. The van der Waals surface area contributed by atoms with E-state index in [1.165, 1.54) is 6.26 Å². The summed E-state index contributed by atoms with van der Waals surface area (Å²) in [7, 11) is 0. The predicted molar refractivity (Wildman–Crippen MR) is 133 cm³/mol. The summed E-state index contributed by atoms with van der Waals surface area (Å²) >= 11 is 6.55. The number of rotatable bonds is 8. The number of carbonyl (C=O) groups excluding carboxylic acids is 2. The third-order valence-corrected chi connectivity index (χ3v) is 6.03. The zero-order chi connectivity index (χ0) is 23.9. The van der Waals surface area contributed by atoms with Gasteiger partial charge in [-0.15, -0.1) is 0 Å². The van der Waals surface area contributed by atoms with E-state index in [9.17, 15) is 9.59 Å². The Morgan fingerprint density at radius 2 is 1.82 bits per heavy atom. The molecule has 0 radical (unpaired) electrons. The lowest BCUT2D eigenvalue weighted by Crippen LogP contribution is -2.48. The quantitative estimate of drug-likeness (QED) is 0.440. The highest BCUT2D eigenvalue weighted by Gasteiger charge is 2.24. The van der Waals surface area contributed by atoms with Gasteiger partial charge in [0.15, 0.2) is 5.76 Å². The molecule has 1 fully saturated rings. The molecule has 7 nitrogen and oxygen atoms in total. The number of nitrogens with zero attached hydrogens (tertiary/aromatic N) is 2. The molecule has 34 heavy (non-hydrogen) atoms. The lowest BCUT2D eigenvalue weighted by atomic mass is 10.2. The third kappa shape index (κ3) is 5.72. The van der Waals surface area contributed by atoms with Crippen LogP contribution in [0.25, 0.3) is 0 Å². The van der Waals surface area contributed by atoms with Crippen molar-refractivity contribution in [3.63, 3.8) is 0 Å². The molecule has 0 saturated carbocycles. The summed E-state index contributed by atoms with van der Waals surface area (Å²) in [5, 5.41) is 3.44. The lowest BCUT2D eigenvalue weighted by molar-refractivity contribution is 0.0714. The smallest absolute Gasteiger partial charge is 0.289 e. The van der Waals surface area contributed by atoms with E-state index in [0.29, 0.717) is 54.8 Å². The number of carbonyl (C=O) groups is 2. The van der Waals surface area contributed by atoms with Crippen molar-refractivity contribution in [3.8, 4) is 5.75 Å². The van der Waals surface area contributed by atoms with E-state index < -0.39 is 0 Å². The van der Waals surface area contributed by atoms with Crippen molar-refractivity contribution in [2.75, 3.05) is 43.0 Å². The maximum Gasteiger partial charge on any atom is 0.289 e. The molecule has 1 aromatic heterocycles. The number of anilines is 2. The second kappa shape index (κ2) is 11.1. The van der Waals surface area contributed by atoms with Crippen molar-refractivity contribution >= 4 is 34.8 Å². The minimum absolute atomic E-state index is 0.102. The molecule has 0 bridgehead atoms. The molecular formula is C26H28ClN3O4. The average Bonchev–Trinajstić information content (AvgIpc) is 3.40. The molecule has 0 aliphatic carbocycles. The van der Waals surface area contributed by atoms with E-state index >= 15 is 0 Å². The van der Waals surface area contributed by atoms with Gasteiger partial charge in [-0.3, -0.25) is 9.59 Å². The number of unbranched alkanes of at least 4 members (excludes halogenated alkanes) is 1. The molecule has 8 heteroatoms. The molecular weight excluding hydrogens is 454 g/mol. The van der Waals surface area contributed by atoms with E-state index in [4.69, 9.17) is 20.8 Å². The van der Waals surface area contributed by atoms with E-state index in [0.717, 1.165) is 24.3 Å². The lowest BCUT2D eigenvalue weighted by Gasteiger charge is -2.36. The Kier molecular flexibility index (Phi) is 7.75. The van der Waals surface area contributed by atoms with Gasteiger partial charge in [0.25, 0.3) is 11.8 Å². The summed E-state index contributed by atoms with van der Waals surface area (Å²) in [6.45, 7) is 5.25. The topological polar surface area (TPSA) is 75.0 Å². The number of amides is 2. The van der Waals surface area contributed by atoms with E-state index in [1.54, 1.807) is 47.4 Å². The summed E-state index contributed by atoms with van der Waals surface area (Å²) < 4.78 is 10.9. The standard InChI is InChI=1S/C26H28ClN3O4/c1-2-3-16-33-21-9-6-19(7-10-21)25(31)28-20-8-11-23(22(27)18-20)29-12-14-30(15-13-29)26(32)24-5-4-17-34-24/h4-11,17-18H,2-3,12-16H2,1H3,(H,28,31). The first-order valence-electron chi connectivity index (χ1n) is 11.5. The largest absolute Gasteiger partial charge is 0.494 e. The van der Waals surface area contributed by atoms with Crippen LogP contribution in [0.2, 0.25) is 5.02 Å². The second-order valence-electron chi connectivity index (χ2n) is 8.10. The van der Waals surface area contributed by atoms with Crippen LogP contribution in [-0.2, 0) is 0 Å². The molecule has 2 aromatic carbocycles. The van der Waals surface area contributed by atoms with E-state index in [-0.39, 0.29) is 11.8 Å². The Morgan fingerprint density at radius 1 is 1.06 bits per heavy atom. The Balaban J connectivity index is 1.32. The summed E-state index contributed by atoms with van der Waals surface area (Å²) in [6.07, 6.45) is 3.57. The summed E-state index contributed by atoms with van der Waals surface area (Å²) in [5.74, 6) is 0.789. The minimum atomic E-state index is -0.214. The summed E-state index contributed by atoms with van der Waals surface area (Å²) in [5.41, 5.74) is 2.03. The number of ether oxygens (including phenoxy) is 1. The molecule has 178 valence electrons. The highest BCUT2D eigenvalue weighted by Crippen LogP contribution is 2.30. The van der Waals surface area contributed by atoms with Crippen LogP contribution >= 0.6 is 11.6 Å². The molecule has 4 rings (SSSR count). The van der Waals surface area contributed by atoms with Gasteiger partial charge in [0.2, 0.25) is 0 Å². The van der Waals surface area contributed by atoms with Gasteiger partial charge in [-0.25, -0.2) is 0 Å². The summed E-state index contributed by atoms with van der Waals surface area (Å²) in [4.78, 5) is 29.0. The van der Waals surface area contributed by atoms with Crippen molar-refractivity contribution in [2.45, 2.75) is 19.8 Å². The fourth-order valence-electron chi connectivity index (χ4n) is 3.79. The van der Waals surface area contributed by atoms with Crippen LogP contribution in [0.1, 0.15) is 40.7 Å². The maximum atomic E-state index is 12.6. The normalized spacial score (nSPS) is 13.6. The van der Waals surface area contributed by atoms with Gasteiger partial charge in [-0.05, 0) is 61.0 Å². The first-order valence-corrected chi connectivity index (χ1v) is 11.8. The van der Waals surface area contributed by atoms with Crippen molar-refractivity contribution in [1.29, 1.82) is 0 Å². The number of nitrogens with one attached hydrogen (secondary N) is 1. The molecule has 1 aliphatic rings. The number of halogens is 1. The molecule has 1 aliphatic heterocycles. The van der Waals surface area contributed by atoms with Gasteiger partial charge in [0.05, 0.1) is 23.6 Å². The third-order valence-electron chi connectivity index (χ3n) is 5.73. The fourth-order valence-corrected chi connectivity index (χ4v) is 4.09. The van der Waals surface area contributed by atoms with Gasteiger partial charge in [0.1, 0.15) is 5.75 Å². The van der Waals surface area contributed by atoms with Gasteiger partial charge in [-0.1, -0.05) is 24.9 Å². The molecule has 2 heterocycles. The van der Waals surface area contributed by atoms with Crippen LogP contribution in [0.3, 0.4) is 0 Å². The molecule has 0 atom stereocenters. The molecule has 0 unspecified atom stereocenters. The second-order valence-corrected chi connectivity index (χ2v) is 8.51. The first-order chi connectivity index (χ1) is 16.5. The van der Waals surface area contributed by atoms with Crippen molar-refractivity contribution in [3.05, 3.63) is 77.2 Å². The monoisotopic (exact) mass is 481 g/mol. The fraction of sp³-hybridized carbons (Fsp3) is 0.308. The predicted octanol–water partition coefficient (Wildman–Crippen LogP) is 5.33. The van der Waals surface area contributed by atoms with Crippen molar-refractivity contribution < 1.29 is 18.7 Å². The first kappa shape index (κ1) is 23.7. The Morgan fingerprint density at radius 3 is 2.47 bits per heavy atom. The SMILES string of the molecule is CCCCOc1ccc(C(=O)Nc2ccc(N3CCN(C(=O)c4ccco4)CC3)c(Cl)c2)cc1.